The van der Waals surface area contributed by atoms with Crippen LogP contribution in [0.25, 0.3) is 6.08 Å². The van der Waals surface area contributed by atoms with Crippen molar-refractivity contribution in [2.24, 2.45) is 0 Å². The Bertz CT molecular complexity index is 1130. The SMILES string of the molecule is Cc1n[nH]c(C)c1NC(=O)c1ccccc1NC(=O)/C=C/c1cccc([N+](=O)[O-])c1. The molecule has 3 rings (SSSR count). The minimum Gasteiger partial charge on any atom is -0.322 e. The summed E-state index contributed by atoms with van der Waals surface area (Å²) < 4.78 is 0. The van der Waals surface area contributed by atoms with Crippen molar-refractivity contribution in [2.75, 3.05) is 10.6 Å². The van der Waals surface area contributed by atoms with Gasteiger partial charge in [-0.1, -0.05) is 24.3 Å². The fourth-order valence-electron chi connectivity index (χ4n) is 2.79. The largest absolute Gasteiger partial charge is 0.322 e. The maximum absolute atomic E-state index is 12.7. The first-order valence-corrected chi connectivity index (χ1v) is 9.00. The third kappa shape index (κ3) is 4.76. The molecule has 2 amide bonds. The van der Waals surface area contributed by atoms with Gasteiger partial charge in [-0.25, -0.2) is 0 Å². The molecule has 0 aliphatic heterocycles. The van der Waals surface area contributed by atoms with Crippen molar-refractivity contribution in [3.63, 3.8) is 0 Å². The summed E-state index contributed by atoms with van der Waals surface area (Å²) in [6, 6.07) is 12.5. The molecule has 0 radical (unpaired) electrons. The van der Waals surface area contributed by atoms with Crippen molar-refractivity contribution in [3.8, 4) is 0 Å². The number of nitrogens with one attached hydrogen (secondary N) is 3. The Kier molecular flexibility index (Phi) is 6.02. The summed E-state index contributed by atoms with van der Waals surface area (Å²) in [5.41, 5.74) is 3.04. The van der Waals surface area contributed by atoms with E-state index in [0.29, 0.717) is 22.6 Å². The standard InChI is InChI=1S/C21H19N5O4/c1-13-20(14(2)25-24-13)23-21(28)17-8-3-4-9-18(17)22-19(27)11-10-15-6-5-7-16(12-15)26(29)30/h3-12H,1-2H3,(H,22,27)(H,23,28)(H,24,25)/b11-10+. The van der Waals surface area contributed by atoms with Crippen molar-refractivity contribution in [2.45, 2.75) is 13.8 Å². The molecular formula is C21H19N5O4. The highest BCUT2D eigenvalue weighted by atomic mass is 16.6. The molecule has 0 aliphatic rings. The van der Waals surface area contributed by atoms with Gasteiger partial charge < -0.3 is 10.6 Å². The minimum absolute atomic E-state index is 0.0654. The van der Waals surface area contributed by atoms with Gasteiger partial charge in [-0.2, -0.15) is 5.10 Å². The second kappa shape index (κ2) is 8.82. The third-order valence-corrected chi connectivity index (χ3v) is 4.30. The second-order valence-electron chi connectivity index (χ2n) is 6.48. The molecule has 3 aromatic rings. The second-order valence-corrected chi connectivity index (χ2v) is 6.48. The van der Waals surface area contributed by atoms with Gasteiger partial charge in [0, 0.05) is 18.2 Å². The average molecular weight is 405 g/mol. The lowest BCUT2D eigenvalue weighted by molar-refractivity contribution is -0.384. The number of anilines is 2. The Hall–Kier alpha value is -4.27. The zero-order valence-electron chi connectivity index (χ0n) is 16.3. The molecule has 0 spiro atoms. The first kappa shape index (κ1) is 20.5. The van der Waals surface area contributed by atoms with Crippen LogP contribution in [0.15, 0.2) is 54.6 Å². The van der Waals surface area contributed by atoms with Crippen LogP contribution in [0.1, 0.15) is 27.3 Å². The number of nitro benzene ring substituents is 1. The van der Waals surface area contributed by atoms with E-state index in [1.54, 1.807) is 44.2 Å². The van der Waals surface area contributed by atoms with Crippen LogP contribution in [0.3, 0.4) is 0 Å². The number of aromatic amines is 1. The number of rotatable bonds is 6. The Morgan fingerprint density at radius 1 is 1.10 bits per heavy atom. The van der Waals surface area contributed by atoms with Gasteiger partial charge in [0.1, 0.15) is 0 Å². The van der Waals surface area contributed by atoms with E-state index < -0.39 is 10.8 Å². The number of amides is 2. The summed E-state index contributed by atoms with van der Waals surface area (Å²) in [5.74, 6) is -0.862. The van der Waals surface area contributed by atoms with E-state index in [0.717, 1.165) is 5.69 Å². The van der Waals surface area contributed by atoms with Gasteiger partial charge in [0.05, 0.1) is 33.2 Å². The summed E-state index contributed by atoms with van der Waals surface area (Å²) >= 11 is 0. The lowest BCUT2D eigenvalue weighted by atomic mass is 10.1. The molecule has 9 nitrogen and oxygen atoms in total. The Morgan fingerprint density at radius 3 is 2.57 bits per heavy atom. The van der Waals surface area contributed by atoms with Gasteiger partial charge in [-0.15, -0.1) is 0 Å². The van der Waals surface area contributed by atoms with Crippen molar-refractivity contribution >= 4 is 35.0 Å². The van der Waals surface area contributed by atoms with Crippen LogP contribution in [0, 0.1) is 24.0 Å². The molecule has 0 unspecified atom stereocenters. The molecule has 0 saturated carbocycles. The van der Waals surface area contributed by atoms with Gasteiger partial charge in [0.15, 0.2) is 0 Å². The van der Waals surface area contributed by atoms with Gasteiger partial charge >= 0.3 is 0 Å². The molecular weight excluding hydrogens is 386 g/mol. The summed E-state index contributed by atoms with van der Waals surface area (Å²) in [6.45, 7) is 3.56. The molecule has 0 aliphatic carbocycles. The van der Waals surface area contributed by atoms with E-state index in [-0.39, 0.29) is 17.2 Å². The van der Waals surface area contributed by atoms with Crippen molar-refractivity contribution in [1.29, 1.82) is 0 Å². The first-order valence-electron chi connectivity index (χ1n) is 9.00. The molecule has 3 N–H and O–H groups in total. The smallest absolute Gasteiger partial charge is 0.270 e. The van der Waals surface area contributed by atoms with Crippen molar-refractivity contribution in [1.82, 2.24) is 10.2 Å². The number of hydrogen-bond acceptors (Lipinski definition) is 5. The minimum atomic E-state index is -0.504. The van der Waals surface area contributed by atoms with Crippen molar-refractivity contribution in [3.05, 3.63) is 87.2 Å². The van der Waals surface area contributed by atoms with Crippen LogP contribution in [-0.4, -0.2) is 26.9 Å². The molecule has 152 valence electrons. The van der Waals surface area contributed by atoms with Crippen LogP contribution in [0.2, 0.25) is 0 Å². The number of carbonyl (C=O) groups excluding carboxylic acids is 2. The fourth-order valence-corrected chi connectivity index (χ4v) is 2.79. The fraction of sp³-hybridized carbons (Fsp3) is 0.0952. The molecule has 30 heavy (non-hydrogen) atoms. The van der Waals surface area contributed by atoms with Gasteiger partial charge in [0.2, 0.25) is 5.91 Å². The van der Waals surface area contributed by atoms with Crippen LogP contribution in [-0.2, 0) is 4.79 Å². The number of nitrogens with zero attached hydrogens (tertiary/aromatic N) is 2. The maximum Gasteiger partial charge on any atom is 0.270 e. The molecule has 0 bridgehead atoms. The number of non-ortho nitro benzene ring substituents is 1. The number of carbonyl (C=O) groups is 2. The highest BCUT2D eigenvalue weighted by Crippen LogP contribution is 2.21. The highest BCUT2D eigenvalue weighted by Gasteiger charge is 2.16. The van der Waals surface area contributed by atoms with Crippen LogP contribution in [0.4, 0.5) is 17.1 Å². The Labute approximate surface area is 172 Å². The molecule has 1 aromatic heterocycles. The molecule has 2 aromatic carbocycles. The summed E-state index contributed by atoms with van der Waals surface area (Å²) in [6.07, 6.45) is 2.71. The zero-order chi connectivity index (χ0) is 21.7. The molecule has 0 saturated heterocycles. The lowest BCUT2D eigenvalue weighted by Gasteiger charge is -2.10. The summed E-state index contributed by atoms with van der Waals surface area (Å²) in [5, 5.41) is 23.2. The number of aromatic nitrogens is 2. The number of hydrogen-bond donors (Lipinski definition) is 3. The quantitative estimate of drug-likeness (QED) is 0.326. The topological polar surface area (TPSA) is 130 Å². The van der Waals surface area contributed by atoms with Crippen LogP contribution >= 0.6 is 0 Å². The van der Waals surface area contributed by atoms with Gasteiger partial charge in [-0.3, -0.25) is 24.8 Å². The van der Waals surface area contributed by atoms with E-state index in [1.807, 2.05) is 0 Å². The van der Waals surface area contributed by atoms with Gasteiger partial charge in [-0.05, 0) is 37.6 Å². The number of H-pyrrole nitrogens is 1. The summed E-state index contributed by atoms with van der Waals surface area (Å²) in [7, 11) is 0. The number of benzene rings is 2. The monoisotopic (exact) mass is 405 g/mol. The number of para-hydroxylation sites is 1. The molecule has 0 atom stereocenters. The molecule has 1 heterocycles. The maximum atomic E-state index is 12.7. The Balaban J connectivity index is 1.74. The lowest BCUT2D eigenvalue weighted by Crippen LogP contribution is -2.17. The van der Waals surface area contributed by atoms with E-state index in [9.17, 15) is 19.7 Å². The zero-order valence-corrected chi connectivity index (χ0v) is 16.3. The van der Waals surface area contributed by atoms with E-state index in [2.05, 4.69) is 20.8 Å². The number of aryl methyl sites for hydroxylation is 2. The molecule has 0 fully saturated rings. The van der Waals surface area contributed by atoms with Crippen LogP contribution in [0.5, 0.6) is 0 Å². The third-order valence-electron chi connectivity index (χ3n) is 4.30. The summed E-state index contributed by atoms with van der Waals surface area (Å²) in [4.78, 5) is 35.4. The normalized spacial score (nSPS) is 10.7. The number of nitro groups is 1. The predicted octanol–water partition coefficient (Wildman–Crippen LogP) is 3.84. The first-order chi connectivity index (χ1) is 14.3. The molecule has 9 heteroatoms. The van der Waals surface area contributed by atoms with Crippen molar-refractivity contribution < 1.29 is 14.5 Å². The Morgan fingerprint density at radius 2 is 1.87 bits per heavy atom. The van der Waals surface area contributed by atoms with E-state index >= 15 is 0 Å². The average Bonchev–Trinajstić information content (AvgIpc) is 3.05. The highest BCUT2D eigenvalue weighted by molar-refractivity contribution is 6.12. The predicted molar refractivity (Wildman–Crippen MR) is 113 cm³/mol. The van der Waals surface area contributed by atoms with E-state index in [1.165, 1.54) is 30.4 Å². The van der Waals surface area contributed by atoms with Gasteiger partial charge in [0.25, 0.3) is 11.6 Å². The van der Waals surface area contributed by atoms with Crippen LogP contribution < -0.4 is 10.6 Å². The van der Waals surface area contributed by atoms with E-state index in [4.69, 9.17) is 0 Å².